The number of aryl methyl sites for hydroxylation is 1. The van der Waals surface area contributed by atoms with Crippen molar-refractivity contribution < 1.29 is 13.9 Å². The Kier molecular flexibility index (Phi) is 4.74. The Bertz CT molecular complexity index is 1300. The molecule has 158 valence electrons. The van der Waals surface area contributed by atoms with Gasteiger partial charge in [-0.15, -0.1) is 0 Å². The van der Waals surface area contributed by atoms with Gasteiger partial charge in [-0.2, -0.15) is 0 Å². The van der Waals surface area contributed by atoms with Crippen LogP contribution in [0, 0.1) is 12.7 Å². The molecule has 1 amide bonds. The number of nitrogens with zero attached hydrogens (tertiary/aromatic N) is 4. The maximum atomic E-state index is 14.4. The van der Waals surface area contributed by atoms with Crippen molar-refractivity contribution in [1.29, 1.82) is 0 Å². The highest BCUT2D eigenvalue weighted by Crippen LogP contribution is 2.28. The number of carbonyl (C=O) groups is 1. The minimum Gasteiger partial charge on any atom is -0.487 e. The molecule has 1 aromatic carbocycles. The number of imidazole rings is 1. The molecule has 2 atom stereocenters. The Hall–Kier alpha value is -3.59. The van der Waals surface area contributed by atoms with E-state index in [-0.39, 0.29) is 11.8 Å². The summed E-state index contributed by atoms with van der Waals surface area (Å²) in [6.45, 7) is 4.65. The zero-order valence-corrected chi connectivity index (χ0v) is 17.1. The van der Waals surface area contributed by atoms with E-state index in [0.29, 0.717) is 39.8 Å². The standard InChI is InChI=1S/C22H21FN6O2/c1-12-7-15(9-26-12)31-18-4-3-16(19-20(18)25-6-5-24-19)22(30)28-14-8-17(23)21-27-13(2)10-29(21)11-14/h3-6,8,10-12,15,26H,7,9H2,1-2H3,(H,28,30)/t12-,15-/m0/s1. The number of hydrogen-bond donors (Lipinski definition) is 2. The number of amides is 1. The zero-order chi connectivity index (χ0) is 21.5. The second kappa shape index (κ2) is 7.59. The molecule has 3 aromatic heterocycles. The number of aromatic nitrogens is 4. The first-order valence-corrected chi connectivity index (χ1v) is 10.1. The molecule has 1 aliphatic rings. The van der Waals surface area contributed by atoms with Gasteiger partial charge >= 0.3 is 0 Å². The van der Waals surface area contributed by atoms with Crippen LogP contribution in [0.15, 0.2) is 43.0 Å². The number of benzene rings is 1. The highest BCUT2D eigenvalue weighted by atomic mass is 19.1. The summed E-state index contributed by atoms with van der Waals surface area (Å²) in [5, 5.41) is 6.10. The van der Waals surface area contributed by atoms with Gasteiger partial charge in [0.25, 0.3) is 5.91 Å². The van der Waals surface area contributed by atoms with E-state index < -0.39 is 11.7 Å². The molecule has 0 aliphatic carbocycles. The predicted molar refractivity (Wildman–Crippen MR) is 114 cm³/mol. The Labute approximate surface area is 177 Å². The molecule has 4 aromatic rings. The highest BCUT2D eigenvalue weighted by Gasteiger charge is 2.24. The monoisotopic (exact) mass is 420 g/mol. The quantitative estimate of drug-likeness (QED) is 0.527. The molecule has 1 fully saturated rings. The van der Waals surface area contributed by atoms with Gasteiger partial charge < -0.3 is 19.8 Å². The van der Waals surface area contributed by atoms with Crippen LogP contribution in [0.5, 0.6) is 5.75 Å². The van der Waals surface area contributed by atoms with E-state index in [2.05, 4.69) is 32.5 Å². The summed E-state index contributed by atoms with van der Waals surface area (Å²) < 4.78 is 22.0. The maximum absolute atomic E-state index is 14.4. The molecule has 1 aliphatic heterocycles. The third-order valence-electron chi connectivity index (χ3n) is 5.32. The van der Waals surface area contributed by atoms with Crippen molar-refractivity contribution in [3.8, 4) is 5.75 Å². The number of carbonyl (C=O) groups excluding carboxylic acids is 1. The van der Waals surface area contributed by atoms with Crippen LogP contribution in [0.2, 0.25) is 0 Å². The minimum atomic E-state index is -0.515. The van der Waals surface area contributed by atoms with Gasteiger partial charge in [-0.05, 0) is 26.0 Å². The number of halogens is 1. The molecule has 0 unspecified atom stereocenters. The Morgan fingerprint density at radius 2 is 2.06 bits per heavy atom. The Morgan fingerprint density at radius 3 is 2.84 bits per heavy atom. The topological polar surface area (TPSA) is 93.4 Å². The minimum absolute atomic E-state index is 0.0354. The molecule has 2 N–H and O–H groups in total. The lowest BCUT2D eigenvalue weighted by Crippen LogP contribution is -2.21. The van der Waals surface area contributed by atoms with Crippen molar-refractivity contribution in [2.75, 3.05) is 11.9 Å². The van der Waals surface area contributed by atoms with Crippen LogP contribution in [0.25, 0.3) is 16.7 Å². The van der Waals surface area contributed by atoms with Gasteiger partial charge in [0.05, 0.1) is 16.9 Å². The van der Waals surface area contributed by atoms with Crippen molar-refractivity contribution in [3.05, 3.63) is 60.1 Å². The molecule has 0 spiro atoms. The van der Waals surface area contributed by atoms with Crippen molar-refractivity contribution in [2.45, 2.75) is 32.4 Å². The van der Waals surface area contributed by atoms with Crippen LogP contribution in [0.4, 0.5) is 10.1 Å². The van der Waals surface area contributed by atoms with E-state index >= 15 is 0 Å². The van der Waals surface area contributed by atoms with Gasteiger partial charge in [-0.1, -0.05) is 0 Å². The SMILES string of the molecule is Cc1cn2cc(NC(=O)c3ccc(O[C@@H]4CN[C@@H](C)C4)c4nccnc34)cc(F)c2n1. The average molecular weight is 420 g/mol. The van der Waals surface area contributed by atoms with Crippen molar-refractivity contribution in [1.82, 2.24) is 24.7 Å². The molecule has 9 heteroatoms. The molecule has 8 nitrogen and oxygen atoms in total. The smallest absolute Gasteiger partial charge is 0.257 e. The number of anilines is 1. The number of pyridine rings is 1. The molecule has 0 saturated carbocycles. The van der Waals surface area contributed by atoms with Crippen LogP contribution < -0.4 is 15.4 Å². The van der Waals surface area contributed by atoms with E-state index in [1.165, 1.54) is 12.3 Å². The molecule has 5 rings (SSSR count). The lowest BCUT2D eigenvalue weighted by atomic mass is 10.1. The fourth-order valence-corrected chi connectivity index (χ4v) is 3.92. The predicted octanol–water partition coefficient (Wildman–Crippen LogP) is 3.11. The van der Waals surface area contributed by atoms with Crippen LogP contribution >= 0.6 is 0 Å². The molecule has 1 saturated heterocycles. The third kappa shape index (κ3) is 3.68. The third-order valence-corrected chi connectivity index (χ3v) is 5.32. The Balaban J connectivity index is 1.46. The van der Waals surface area contributed by atoms with Crippen molar-refractivity contribution in [3.63, 3.8) is 0 Å². The summed E-state index contributed by atoms with van der Waals surface area (Å²) in [6, 6.07) is 5.03. The normalized spacial score (nSPS) is 18.5. The lowest BCUT2D eigenvalue weighted by molar-refractivity contribution is 0.102. The number of fused-ring (bicyclic) bond motifs is 2. The van der Waals surface area contributed by atoms with Crippen molar-refractivity contribution in [2.24, 2.45) is 0 Å². The van der Waals surface area contributed by atoms with E-state index in [1.807, 2.05) is 0 Å². The van der Waals surface area contributed by atoms with E-state index in [0.717, 1.165) is 13.0 Å². The summed E-state index contributed by atoms with van der Waals surface area (Å²) in [6.07, 6.45) is 7.34. The fraction of sp³-hybridized carbons (Fsp3) is 0.273. The van der Waals surface area contributed by atoms with E-state index in [9.17, 15) is 9.18 Å². The van der Waals surface area contributed by atoms with Crippen molar-refractivity contribution >= 4 is 28.3 Å². The van der Waals surface area contributed by atoms with Gasteiger partial charge in [0.2, 0.25) is 0 Å². The van der Waals surface area contributed by atoms with Gasteiger partial charge in [0.15, 0.2) is 11.5 Å². The second-order valence-electron chi connectivity index (χ2n) is 7.79. The van der Waals surface area contributed by atoms with E-state index in [1.54, 1.807) is 42.0 Å². The van der Waals surface area contributed by atoms with Gasteiger partial charge in [-0.25, -0.2) is 14.4 Å². The van der Waals surface area contributed by atoms with Crippen LogP contribution in [-0.2, 0) is 0 Å². The second-order valence-corrected chi connectivity index (χ2v) is 7.79. The van der Waals surface area contributed by atoms with Gasteiger partial charge in [-0.3, -0.25) is 9.78 Å². The summed E-state index contributed by atoms with van der Waals surface area (Å²) in [7, 11) is 0. The van der Waals surface area contributed by atoms with Crippen LogP contribution in [0.3, 0.4) is 0 Å². The fourth-order valence-electron chi connectivity index (χ4n) is 3.92. The molecular weight excluding hydrogens is 399 g/mol. The van der Waals surface area contributed by atoms with Gasteiger partial charge in [0, 0.05) is 49.9 Å². The molecule has 0 bridgehead atoms. The number of nitrogens with one attached hydrogen (secondary N) is 2. The zero-order valence-electron chi connectivity index (χ0n) is 17.1. The molecule has 0 radical (unpaired) electrons. The first-order chi connectivity index (χ1) is 15.0. The molecular formula is C22H21FN6O2. The van der Waals surface area contributed by atoms with Gasteiger partial charge in [0.1, 0.15) is 22.9 Å². The largest absolute Gasteiger partial charge is 0.487 e. The molecule has 31 heavy (non-hydrogen) atoms. The summed E-state index contributed by atoms with van der Waals surface area (Å²) >= 11 is 0. The number of rotatable bonds is 4. The summed E-state index contributed by atoms with van der Waals surface area (Å²) in [5.41, 5.74) is 2.49. The first-order valence-electron chi connectivity index (χ1n) is 10.1. The first kappa shape index (κ1) is 19.4. The average Bonchev–Trinajstić information content (AvgIpc) is 3.33. The highest BCUT2D eigenvalue weighted by molar-refractivity contribution is 6.12. The lowest BCUT2D eigenvalue weighted by Gasteiger charge is -2.15. The number of hydrogen-bond acceptors (Lipinski definition) is 6. The van der Waals surface area contributed by atoms with Crippen LogP contribution in [-0.4, -0.2) is 44.0 Å². The van der Waals surface area contributed by atoms with E-state index in [4.69, 9.17) is 4.74 Å². The van der Waals surface area contributed by atoms with Crippen LogP contribution in [0.1, 0.15) is 29.4 Å². The molecule has 4 heterocycles. The summed E-state index contributed by atoms with van der Waals surface area (Å²) in [4.78, 5) is 25.9. The number of ether oxygens (including phenoxy) is 1. The Morgan fingerprint density at radius 1 is 1.26 bits per heavy atom. The summed E-state index contributed by atoms with van der Waals surface area (Å²) in [5.74, 6) is -0.343. The maximum Gasteiger partial charge on any atom is 0.257 e.